The van der Waals surface area contributed by atoms with Gasteiger partial charge >= 0.3 is 0 Å². The summed E-state index contributed by atoms with van der Waals surface area (Å²) in [6.07, 6.45) is 3.84. The van der Waals surface area contributed by atoms with E-state index in [0.29, 0.717) is 10.4 Å². The van der Waals surface area contributed by atoms with Gasteiger partial charge in [-0.3, -0.25) is 4.79 Å². The smallest absolute Gasteiger partial charge is 0.244 e. The fourth-order valence-corrected chi connectivity index (χ4v) is 1.95. The van der Waals surface area contributed by atoms with Crippen LogP contribution >= 0.6 is 22.6 Å². The number of carbonyl (C=O) groups is 1. The van der Waals surface area contributed by atoms with Crippen molar-refractivity contribution in [1.82, 2.24) is 19.7 Å². The molecule has 5 nitrogen and oxygen atoms in total. The highest BCUT2D eigenvalue weighted by Gasteiger charge is 2.18. The highest BCUT2D eigenvalue weighted by atomic mass is 127. The Morgan fingerprint density at radius 1 is 1.50 bits per heavy atom. The van der Waals surface area contributed by atoms with Crippen molar-refractivity contribution in [2.24, 2.45) is 0 Å². The first-order valence-electron chi connectivity index (χ1n) is 4.58. The summed E-state index contributed by atoms with van der Waals surface area (Å²) < 4.78 is 2.26. The summed E-state index contributed by atoms with van der Waals surface area (Å²) in [4.78, 5) is 17.5. The second kappa shape index (κ2) is 4.24. The molecular weight excluding hydrogens is 295 g/mol. The molecule has 2 heterocycles. The molecular formula is C8H11IN4O. The quantitative estimate of drug-likeness (QED) is 0.748. The van der Waals surface area contributed by atoms with Crippen LogP contribution < -0.4 is 0 Å². The molecule has 0 spiro atoms. The molecule has 2 rings (SSSR count). The number of hydrogen-bond donors (Lipinski definition) is 0. The average molecular weight is 306 g/mol. The summed E-state index contributed by atoms with van der Waals surface area (Å²) in [7, 11) is 0. The highest BCUT2D eigenvalue weighted by Crippen LogP contribution is 2.08. The third-order valence-electron chi connectivity index (χ3n) is 2.26. The predicted molar refractivity (Wildman–Crippen MR) is 58.6 cm³/mol. The number of aromatic nitrogens is 3. The summed E-state index contributed by atoms with van der Waals surface area (Å²) in [5.74, 6) is 0.142. The molecule has 0 atom stereocenters. The Balaban J connectivity index is 1.93. The molecule has 1 fully saturated rings. The van der Waals surface area contributed by atoms with E-state index < -0.39 is 0 Å². The Labute approximate surface area is 95.6 Å². The zero-order valence-electron chi connectivity index (χ0n) is 7.69. The summed E-state index contributed by atoms with van der Waals surface area (Å²) in [5.41, 5.74) is 0. The summed E-state index contributed by atoms with van der Waals surface area (Å²) in [5, 5.41) is 4.07. The van der Waals surface area contributed by atoms with Crippen molar-refractivity contribution in [3.8, 4) is 0 Å². The largest absolute Gasteiger partial charge is 0.341 e. The van der Waals surface area contributed by atoms with Crippen LogP contribution in [0.2, 0.25) is 0 Å². The molecule has 0 N–H and O–H groups in total. The van der Waals surface area contributed by atoms with Crippen LogP contribution in [0, 0.1) is 3.83 Å². The van der Waals surface area contributed by atoms with Crippen LogP contribution in [0.4, 0.5) is 0 Å². The molecule has 1 aliphatic rings. The fraction of sp³-hybridized carbons (Fsp3) is 0.625. The highest BCUT2D eigenvalue weighted by molar-refractivity contribution is 14.1. The SMILES string of the molecule is O=C(Cn1cnc(I)n1)N1CCCC1. The first kappa shape index (κ1) is 9.88. The number of amides is 1. The Bertz CT molecular complexity index is 332. The van der Waals surface area contributed by atoms with Gasteiger partial charge in [0.15, 0.2) is 0 Å². The van der Waals surface area contributed by atoms with Crippen LogP contribution in [0.3, 0.4) is 0 Å². The maximum atomic E-state index is 11.7. The molecule has 1 aliphatic heterocycles. The fourth-order valence-electron chi connectivity index (χ4n) is 1.55. The lowest BCUT2D eigenvalue weighted by Crippen LogP contribution is -2.31. The van der Waals surface area contributed by atoms with E-state index in [2.05, 4.69) is 10.1 Å². The number of likely N-dealkylation sites (tertiary alicyclic amines) is 1. The van der Waals surface area contributed by atoms with Crippen LogP contribution in [0.15, 0.2) is 6.33 Å². The molecule has 14 heavy (non-hydrogen) atoms. The Kier molecular flexibility index (Phi) is 2.99. The number of rotatable bonds is 2. The summed E-state index contributed by atoms with van der Waals surface area (Å²) in [6, 6.07) is 0. The molecule has 0 bridgehead atoms. The Hall–Kier alpha value is -0.660. The molecule has 0 radical (unpaired) electrons. The van der Waals surface area contributed by atoms with Crippen LogP contribution in [0.1, 0.15) is 12.8 Å². The van der Waals surface area contributed by atoms with Crippen LogP contribution in [-0.2, 0) is 11.3 Å². The van der Waals surface area contributed by atoms with E-state index in [9.17, 15) is 4.79 Å². The molecule has 76 valence electrons. The molecule has 1 aromatic rings. The minimum Gasteiger partial charge on any atom is -0.341 e. The number of nitrogens with zero attached hydrogens (tertiary/aromatic N) is 4. The van der Waals surface area contributed by atoms with E-state index in [1.54, 1.807) is 11.0 Å². The van der Waals surface area contributed by atoms with E-state index in [0.717, 1.165) is 25.9 Å². The van der Waals surface area contributed by atoms with Crippen molar-refractivity contribution in [1.29, 1.82) is 0 Å². The molecule has 0 aromatic carbocycles. The van der Waals surface area contributed by atoms with Crippen molar-refractivity contribution in [3.05, 3.63) is 10.2 Å². The first-order chi connectivity index (χ1) is 6.75. The first-order valence-corrected chi connectivity index (χ1v) is 5.66. The van der Waals surface area contributed by atoms with Gasteiger partial charge in [0.2, 0.25) is 9.74 Å². The second-order valence-corrected chi connectivity index (χ2v) is 4.26. The zero-order valence-corrected chi connectivity index (χ0v) is 9.85. The van der Waals surface area contributed by atoms with Crippen molar-refractivity contribution in [2.75, 3.05) is 13.1 Å². The van der Waals surface area contributed by atoms with Crippen molar-refractivity contribution < 1.29 is 4.79 Å². The lowest BCUT2D eigenvalue weighted by Gasteiger charge is -2.14. The van der Waals surface area contributed by atoms with Gasteiger partial charge in [-0.05, 0) is 12.8 Å². The second-order valence-electron chi connectivity index (χ2n) is 3.30. The van der Waals surface area contributed by atoms with Crippen LogP contribution in [0.5, 0.6) is 0 Å². The van der Waals surface area contributed by atoms with Crippen molar-refractivity contribution in [3.63, 3.8) is 0 Å². The molecule has 1 aromatic heterocycles. The number of halogens is 1. The minimum absolute atomic E-state index is 0.142. The minimum atomic E-state index is 0.142. The average Bonchev–Trinajstić information content (AvgIpc) is 2.75. The monoisotopic (exact) mass is 306 g/mol. The van der Waals surface area contributed by atoms with Gasteiger partial charge in [0, 0.05) is 35.7 Å². The third kappa shape index (κ3) is 2.23. The summed E-state index contributed by atoms with van der Waals surface area (Å²) >= 11 is 2.03. The molecule has 0 unspecified atom stereocenters. The van der Waals surface area contributed by atoms with Gasteiger partial charge in [0.05, 0.1) is 0 Å². The topological polar surface area (TPSA) is 51.0 Å². The van der Waals surface area contributed by atoms with Gasteiger partial charge in [-0.1, -0.05) is 0 Å². The molecule has 0 saturated carbocycles. The van der Waals surface area contributed by atoms with Gasteiger partial charge in [-0.15, -0.1) is 5.10 Å². The van der Waals surface area contributed by atoms with Crippen LogP contribution in [0.25, 0.3) is 0 Å². The van der Waals surface area contributed by atoms with Crippen molar-refractivity contribution in [2.45, 2.75) is 19.4 Å². The predicted octanol–water partition coefficient (Wildman–Crippen LogP) is 0.505. The lowest BCUT2D eigenvalue weighted by atomic mass is 10.4. The molecule has 1 amide bonds. The number of hydrogen-bond acceptors (Lipinski definition) is 3. The Morgan fingerprint density at radius 2 is 2.21 bits per heavy atom. The molecule has 1 saturated heterocycles. The van der Waals surface area contributed by atoms with Gasteiger partial charge in [0.25, 0.3) is 0 Å². The van der Waals surface area contributed by atoms with E-state index >= 15 is 0 Å². The molecule has 0 aliphatic carbocycles. The standard InChI is InChI=1S/C8H11IN4O/c9-8-10-6-13(11-8)5-7(14)12-3-1-2-4-12/h6H,1-5H2. The van der Waals surface area contributed by atoms with Gasteiger partial charge < -0.3 is 4.90 Å². The maximum Gasteiger partial charge on any atom is 0.244 e. The number of carbonyl (C=O) groups excluding carboxylic acids is 1. The van der Waals surface area contributed by atoms with Gasteiger partial charge in [-0.25, -0.2) is 9.67 Å². The van der Waals surface area contributed by atoms with E-state index in [-0.39, 0.29) is 5.91 Å². The van der Waals surface area contributed by atoms with E-state index in [1.165, 1.54) is 0 Å². The van der Waals surface area contributed by atoms with E-state index in [4.69, 9.17) is 0 Å². The molecule has 6 heteroatoms. The van der Waals surface area contributed by atoms with Crippen molar-refractivity contribution >= 4 is 28.5 Å². The Morgan fingerprint density at radius 3 is 2.79 bits per heavy atom. The van der Waals surface area contributed by atoms with Gasteiger partial charge in [0.1, 0.15) is 12.9 Å². The van der Waals surface area contributed by atoms with E-state index in [1.807, 2.05) is 27.5 Å². The normalized spacial score (nSPS) is 16.2. The maximum absolute atomic E-state index is 11.7. The lowest BCUT2D eigenvalue weighted by molar-refractivity contribution is -0.130. The van der Waals surface area contributed by atoms with Crippen LogP contribution in [-0.4, -0.2) is 38.7 Å². The third-order valence-corrected chi connectivity index (χ3v) is 2.76. The zero-order chi connectivity index (χ0) is 9.97. The summed E-state index contributed by atoms with van der Waals surface area (Å²) in [6.45, 7) is 2.10. The van der Waals surface area contributed by atoms with Gasteiger partial charge in [-0.2, -0.15) is 0 Å².